The highest BCUT2D eigenvalue weighted by Crippen LogP contribution is 2.22. The summed E-state index contributed by atoms with van der Waals surface area (Å²) in [4.78, 5) is 13.7. The minimum absolute atomic E-state index is 0.0174. The number of hydrogen-bond acceptors (Lipinski definition) is 3. The van der Waals surface area contributed by atoms with Gasteiger partial charge in [0.15, 0.2) is 0 Å². The van der Waals surface area contributed by atoms with E-state index in [1.807, 2.05) is 0 Å². The SMILES string of the molecule is CC1CCCN(C(=O)c2cc(F)cc(S(=O)(=O)Cl)c2)CC1. The molecule has 1 fully saturated rings. The summed E-state index contributed by atoms with van der Waals surface area (Å²) in [5, 5.41) is 0. The highest BCUT2D eigenvalue weighted by Gasteiger charge is 2.22. The molecule has 0 N–H and O–H groups in total. The largest absolute Gasteiger partial charge is 0.339 e. The minimum Gasteiger partial charge on any atom is -0.339 e. The van der Waals surface area contributed by atoms with E-state index in [4.69, 9.17) is 10.7 Å². The summed E-state index contributed by atoms with van der Waals surface area (Å²) < 4.78 is 36.2. The lowest BCUT2D eigenvalue weighted by Crippen LogP contribution is -2.32. The van der Waals surface area contributed by atoms with Gasteiger partial charge in [0, 0.05) is 29.3 Å². The van der Waals surface area contributed by atoms with Crippen molar-refractivity contribution in [3.63, 3.8) is 0 Å². The number of halogens is 2. The summed E-state index contributed by atoms with van der Waals surface area (Å²) in [5.41, 5.74) is 0.0174. The Labute approximate surface area is 128 Å². The van der Waals surface area contributed by atoms with E-state index in [0.29, 0.717) is 19.0 Å². The predicted octanol–water partition coefficient (Wildman–Crippen LogP) is 3.02. The van der Waals surface area contributed by atoms with Gasteiger partial charge in [-0.15, -0.1) is 0 Å². The second kappa shape index (κ2) is 6.32. The van der Waals surface area contributed by atoms with Crippen LogP contribution < -0.4 is 0 Å². The third-order valence-electron chi connectivity index (χ3n) is 3.70. The third-order valence-corrected chi connectivity index (χ3v) is 5.04. The molecule has 21 heavy (non-hydrogen) atoms. The second-order valence-corrected chi connectivity index (χ2v) is 8.01. The molecule has 1 aromatic carbocycles. The Morgan fingerprint density at radius 1 is 1.29 bits per heavy atom. The first kappa shape index (κ1) is 16.2. The molecule has 1 unspecified atom stereocenters. The van der Waals surface area contributed by atoms with Gasteiger partial charge in [-0.1, -0.05) is 6.92 Å². The van der Waals surface area contributed by atoms with Crippen LogP contribution in [0.1, 0.15) is 36.5 Å². The van der Waals surface area contributed by atoms with E-state index >= 15 is 0 Å². The van der Waals surface area contributed by atoms with Crippen LogP contribution in [0.5, 0.6) is 0 Å². The van der Waals surface area contributed by atoms with Gasteiger partial charge in [-0.25, -0.2) is 12.8 Å². The maximum atomic E-state index is 13.5. The first-order valence-electron chi connectivity index (χ1n) is 6.82. The van der Waals surface area contributed by atoms with Crippen molar-refractivity contribution in [3.05, 3.63) is 29.6 Å². The van der Waals surface area contributed by atoms with E-state index in [0.717, 1.165) is 37.5 Å². The van der Waals surface area contributed by atoms with E-state index in [-0.39, 0.29) is 11.5 Å². The molecule has 2 rings (SSSR count). The highest BCUT2D eigenvalue weighted by atomic mass is 35.7. The molecule has 0 saturated carbocycles. The van der Waals surface area contributed by atoms with Crippen molar-refractivity contribution in [2.24, 2.45) is 5.92 Å². The first-order valence-corrected chi connectivity index (χ1v) is 9.13. The van der Waals surface area contributed by atoms with Gasteiger partial charge in [0.05, 0.1) is 4.90 Å². The zero-order valence-electron chi connectivity index (χ0n) is 11.7. The van der Waals surface area contributed by atoms with E-state index in [1.165, 1.54) is 0 Å². The molecule has 1 aliphatic heterocycles. The number of carbonyl (C=O) groups excluding carboxylic acids is 1. The van der Waals surface area contributed by atoms with Crippen LogP contribution in [0.15, 0.2) is 23.1 Å². The smallest absolute Gasteiger partial charge is 0.261 e. The zero-order chi connectivity index (χ0) is 15.6. The van der Waals surface area contributed by atoms with Crippen LogP contribution in [0, 0.1) is 11.7 Å². The van der Waals surface area contributed by atoms with E-state index in [2.05, 4.69) is 6.92 Å². The Morgan fingerprint density at radius 3 is 2.67 bits per heavy atom. The lowest BCUT2D eigenvalue weighted by molar-refractivity contribution is 0.0759. The van der Waals surface area contributed by atoms with Crippen LogP contribution in [0.2, 0.25) is 0 Å². The van der Waals surface area contributed by atoms with Crippen LogP contribution >= 0.6 is 10.7 Å². The summed E-state index contributed by atoms with van der Waals surface area (Å²) in [5.74, 6) is -0.595. The van der Waals surface area contributed by atoms with Gasteiger partial charge in [0.25, 0.3) is 15.0 Å². The van der Waals surface area contributed by atoms with Gasteiger partial charge in [-0.3, -0.25) is 4.79 Å². The molecule has 1 saturated heterocycles. The van der Waals surface area contributed by atoms with Gasteiger partial charge in [-0.2, -0.15) is 0 Å². The molecule has 1 heterocycles. The lowest BCUT2D eigenvalue weighted by Gasteiger charge is -2.20. The molecule has 0 aliphatic carbocycles. The van der Waals surface area contributed by atoms with E-state index < -0.39 is 19.8 Å². The Balaban J connectivity index is 2.28. The number of nitrogens with zero attached hydrogens (tertiary/aromatic N) is 1. The van der Waals surface area contributed by atoms with Crippen molar-refractivity contribution in [3.8, 4) is 0 Å². The Hall–Kier alpha value is -1.14. The summed E-state index contributed by atoms with van der Waals surface area (Å²) in [6, 6.07) is 2.98. The van der Waals surface area contributed by atoms with Crippen molar-refractivity contribution in [1.82, 2.24) is 4.90 Å². The summed E-state index contributed by atoms with van der Waals surface area (Å²) >= 11 is 0. The number of likely N-dealkylation sites (tertiary alicyclic amines) is 1. The van der Waals surface area contributed by atoms with Gasteiger partial charge in [0.2, 0.25) is 0 Å². The van der Waals surface area contributed by atoms with Crippen molar-refractivity contribution >= 4 is 25.6 Å². The molecule has 4 nitrogen and oxygen atoms in total. The Kier molecular flexibility index (Phi) is 4.88. The lowest BCUT2D eigenvalue weighted by atomic mass is 10.0. The maximum absolute atomic E-state index is 13.5. The van der Waals surface area contributed by atoms with E-state index in [1.54, 1.807) is 4.90 Å². The Bertz CT molecular complexity index is 648. The molecular weight excluding hydrogens is 317 g/mol. The molecule has 1 atom stereocenters. The van der Waals surface area contributed by atoms with Crippen molar-refractivity contribution in [1.29, 1.82) is 0 Å². The van der Waals surface area contributed by atoms with Crippen molar-refractivity contribution in [2.45, 2.75) is 31.1 Å². The maximum Gasteiger partial charge on any atom is 0.261 e. The van der Waals surface area contributed by atoms with Crippen molar-refractivity contribution < 1.29 is 17.6 Å². The second-order valence-electron chi connectivity index (χ2n) is 5.44. The monoisotopic (exact) mass is 333 g/mol. The molecule has 1 aromatic rings. The van der Waals surface area contributed by atoms with Gasteiger partial charge in [0.1, 0.15) is 5.82 Å². The van der Waals surface area contributed by atoms with Crippen LogP contribution in [0.25, 0.3) is 0 Å². The molecule has 1 aliphatic rings. The fourth-order valence-corrected chi connectivity index (χ4v) is 3.26. The molecule has 7 heteroatoms. The van der Waals surface area contributed by atoms with E-state index in [9.17, 15) is 17.6 Å². The molecular formula is C14H17ClFNO3S. The van der Waals surface area contributed by atoms with Gasteiger partial charge in [-0.05, 0) is 43.4 Å². The normalized spacial score (nSPS) is 20.1. The average molecular weight is 334 g/mol. The number of rotatable bonds is 2. The van der Waals surface area contributed by atoms with Crippen LogP contribution in [-0.4, -0.2) is 32.3 Å². The number of amides is 1. The predicted molar refractivity (Wildman–Crippen MR) is 78.4 cm³/mol. The number of carbonyl (C=O) groups is 1. The zero-order valence-corrected chi connectivity index (χ0v) is 13.3. The Morgan fingerprint density at radius 2 is 2.00 bits per heavy atom. The van der Waals surface area contributed by atoms with Crippen LogP contribution in [0.4, 0.5) is 4.39 Å². The summed E-state index contributed by atoms with van der Waals surface area (Å²) in [7, 11) is 1.15. The van der Waals surface area contributed by atoms with Crippen molar-refractivity contribution in [2.75, 3.05) is 13.1 Å². The third kappa shape index (κ3) is 4.17. The summed E-state index contributed by atoms with van der Waals surface area (Å²) in [6.45, 7) is 3.33. The average Bonchev–Trinajstić information content (AvgIpc) is 2.61. The highest BCUT2D eigenvalue weighted by molar-refractivity contribution is 8.13. The number of benzene rings is 1. The van der Waals surface area contributed by atoms with Crippen LogP contribution in [0.3, 0.4) is 0 Å². The topological polar surface area (TPSA) is 54.5 Å². The molecule has 0 spiro atoms. The minimum atomic E-state index is -4.07. The molecule has 1 amide bonds. The quantitative estimate of drug-likeness (QED) is 0.782. The fraction of sp³-hybridized carbons (Fsp3) is 0.500. The molecule has 0 bridgehead atoms. The van der Waals surface area contributed by atoms with Gasteiger partial charge < -0.3 is 4.90 Å². The molecule has 0 radical (unpaired) electrons. The molecule has 0 aromatic heterocycles. The molecule has 116 valence electrons. The number of hydrogen-bond donors (Lipinski definition) is 0. The first-order chi connectivity index (χ1) is 9.77. The van der Waals surface area contributed by atoms with Crippen LogP contribution in [-0.2, 0) is 9.05 Å². The fourth-order valence-electron chi connectivity index (χ4n) is 2.48. The summed E-state index contributed by atoms with van der Waals surface area (Å²) in [6.07, 6.45) is 2.83. The van der Waals surface area contributed by atoms with Gasteiger partial charge >= 0.3 is 0 Å². The standard InChI is InChI=1S/C14H17ClFNO3S/c1-10-3-2-5-17(6-4-10)14(18)11-7-12(16)9-13(8-11)21(15,19)20/h7-10H,2-6H2,1H3.